The van der Waals surface area contributed by atoms with Crippen molar-refractivity contribution in [1.29, 1.82) is 0 Å². The Morgan fingerprint density at radius 2 is 1.96 bits per heavy atom. The van der Waals surface area contributed by atoms with Crippen molar-refractivity contribution in [2.24, 2.45) is 11.7 Å². The fraction of sp³-hybridized carbons (Fsp3) is 0.611. The average molecular weight is 365 g/mol. The lowest BCUT2D eigenvalue weighted by atomic mass is 9.99. The van der Waals surface area contributed by atoms with Gasteiger partial charge in [0.2, 0.25) is 0 Å². The number of carbonyl (C=O) groups excluding carboxylic acids is 1. The molecule has 3 rings (SSSR count). The van der Waals surface area contributed by atoms with Crippen molar-refractivity contribution in [3.8, 4) is 0 Å². The summed E-state index contributed by atoms with van der Waals surface area (Å²) in [6.45, 7) is 4.43. The van der Waals surface area contributed by atoms with Gasteiger partial charge in [0.25, 0.3) is 5.91 Å². The summed E-state index contributed by atoms with van der Waals surface area (Å²) in [6, 6.07) is 7.55. The topological polar surface area (TPSA) is 83.7 Å². The molecule has 0 unspecified atom stereocenters. The van der Waals surface area contributed by atoms with Crippen LogP contribution in [0.15, 0.2) is 24.3 Å². The Balaban J connectivity index is 1.70. The molecule has 2 atom stereocenters. The predicted molar refractivity (Wildman–Crippen MR) is 99.6 cm³/mol. The Hall–Kier alpha value is -1.60. The normalized spacial score (nSPS) is 26.0. The smallest absolute Gasteiger partial charge is 0.253 e. The molecule has 1 amide bonds. The van der Waals surface area contributed by atoms with Crippen LogP contribution in [0.25, 0.3) is 0 Å². The van der Waals surface area contributed by atoms with E-state index >= 15 is 0 Å². The van der Waals surface area contributed by atoms with Crippen molar-refractivity contribution in [1.82, 2.24) is 4.90 Å². The maximum absolute atomic E-state index is 12.8. The van der Waals surface area contributed by atoms with Gasteiger partial charge in [-0.1, -0.05) is 19.4 Å². The fourth-order valence-electron chi connectivity index (χ4n) is 3.73. The van der Waals surface area contributed by atoms with Crippen LogP contribution in [-0.2, 0) is 9.84 Å². The zero-order valence-corrected chi connectivity index (χ0v) is 15.5. The summed E-state index contributed by atoms with van der Waals surface area (Å²) in [4.78, 5) is 16.7. The van der Waals surface area contributed by atoms with E-state index in [1.807, 2.05) is 34.1 Å². The SMILES string of the molecule is CCC[C@H]1CN(C(=O)c2cccc(N3CCS(=O)(=O)CC3)c2)C[C@@H]1N. The molecule has 1 aromatic rings. The first-order chi connectivity index (χ1) is 11.9. The van der Waals surface area contributed by atoms with E-state index in [0.717, 1.165) is 25.1 Å². The Kier molecular flexibility index (Phi) is 5.34. The van der Waals surface area contributed by atoms with E-state index in [1.165, 1.54) is 0 Å². The molecule has 6 nitrogen and oxygen atoms in total. The molecular weight excluding hydrogens is 338 g/mol. The van der Waals surface area contributed by atoms with Crippen LogP contribution in [0.5, 0.6) is 0 Å². The van der Waals surface area contributed by atoms with Crippen LogP contribution >= 0.6 is 0 Å². The first kappa shape index (κ1) is 18.2. The van der Waals surface area contributed by atoms with Gasteiger partial charge < -0.3 is 15.5 Å². The van der Waals surface area contributed by atoms with Crippen LogP contribution in [0.2, 0.25) is 0 Å². The van der Waals surface area contributed by atoms with E-state index in [4.69, 9.17) is 5.73 Å². The summed E-state index contributed by atoms with van der Waals surface area (Å²) in [7, 11) is -2.91. The van der Waals surface area contributed by atoms with Crippen molar-refractivity contribution in [3.63, 3.8) is 0 Å². The van der Waals surface area contributed by atoms with Gasteiger partial charge in [-0.3, -0.25) is 4.79 Å². The molecule has 0 aromatic heterocycles. The van der Waals surface area contributed by atoms with Gasteiger partial charge in [-0.2, -0.15) is 0 Å². The first-order valence-corrected chi connectivity index (χ1v) is 10.8. The second-order valence-electron chi connectivity index (χ2n) is 7.11. The Morgan fingerprint density at radius 1 is 1.24 bits per heavy atom. The van der Waals surface area contributed by atoms with Crippen LogP contribution < -0.4 is 10.6 Å². The van der Waals surface area contributed by atoms with Gasteiger partial charge in [0.1, 0.15) is 0 Å². The molecular formula is C18H27N3O3S. The second kappa shape index (κ2) is 7.33. The Bertz CT molecular complexity index is 721. The van der Waals surface area contributed by atoms with Crippen molar-refractivity contribution < 1.29 is 13.2 Å². The minimum Gasteiger partial charge on any atom is -0.369 e. The third kappa shape index (κ3) is 4.15. The molecule has 0 radical (unpaired) electrons. The van der Waals surface area contributed by atoms with Gasteiger partial charge in [-0.05, 0) is 30.5 Å². The summed E-state index contributed by atoms with van der Waals surface area (Å²) in [5, 5.41) is 0. The molecule has 2 fully saturated rings. The number of sulfone groups is 1. The van der Waals surface area contributed by atoms with Crippen molar-refractivity contribution in [2.45, 2.75) is 25.8 Å². The molecule has 2 N–H and O–H groups in total. The number of nitrogens with two attached hydrogens (primary N) is 1. The molecule has 2 aliphatic heterocycles. The maximum atomic E-state index is 12.8. The van der Waals surface area contributed by atoms with Gasteiger partial charge in [0.15, 0.2) is 9.84 Å². The highest BCUT2D eigenvalue weighted by Gasteiger charge is 2.32. The lowest BCUT2D eigenvalue weighted by Gasteiger charge is -2.29. The summed E-state index contributed by atoms with van der Waals surface area (Å²) in [5.74, 6) is 0.736. The van der Waals surface area contributed by atoms with Crippen LogP contribution in [-0.4, -0.2) is 63.0 Å². The second-order valence-corrected chi connectivity index (χ2v) is 9.42. The molecule has 0 saturated carbocycles. The Morgan fingerprint density at radius 3 is 2.64 bits per heavy atom. The number of rotatable bonds is 4. The molecule has 138 valence electrons. The van der Waals surface area contributed by atoms with E-state index in [9.17, 15) is 13.2 Å². The third-order valence-corrected chi connectivity index (χ3v) is 6.85. The number of likely N-dealkylation sites (tertiary alicyclic amines) is 1. The number of carbonyl (C=O) groups is 1. The molecule has 1 aromatic carbocycles. The number of hydrogen-bond donors (Lipinski definition) is 1. The number of nitrogens with zero attached hydrogens (tertiary/aromatic N) is 2. The average Bonchev–Trinajstić information content (AvgIpc) is 2.95. The van der Waals surface area contributed by atoms with Crippen LogP contribution in [0, 0.1) is 5.92 Å². The molecule has 7 heteroatoms. The zero-order chi connectivity index (χ0) is 18.0. The van der Waals surface area contributed by atoms with Crippen molar-refractivity contribution in [2.75, 3.05) is 42.6 Å². The predicted octanol–water partition coefficient (Wildman–Crippen LogP) is 1.12. The van der Waals surface area contributed by atoms with Gasteiger partial charge in [0.05, 0.1) is 11.5 Å². The van der Waals surface area contributed by atoms with Gasteiger partial charge >= 0.3 is 0 Å². The number of amides is 1. The third-order valence-electron chi connectivity index (χ3n) is 5.24. The minimum absolute atomic E-state index is 0.0144. The highest BCUT2D eigenvalue weighted by atomic mass is 32.2. The van der Waals surface area contributed by atoms with E-state index in [-0.39, 0.29) is 23.5 Å². The maximum Gasteiger partial charge on any atom is 0.253 e. The largest absolute Gasteiger partial charge is 0.369 e. The van der Waals surface area contributed by atoms with Crippen LogP contribution in [0.1, 0.15) is 30.1 Å². The van der Waals surface area contributed by atoms with Gasteiger partial charge in [0, 0.05) is 43.5 Å². The molecule has 0 aliphatic carbocycles. The molecule has 0 bridgehead atoms. The summed E-state index contributed by atoms with van der Waals surface area (Å²) in [6.07, 6.45) is 2.13. The zero-order valence-electron chi connectivity index (χ0n) is 14.7. The standard InChI is InChI=1S/C18H27N3O3S/c1-2-4-15-12-21(13-17(15)19)18(22)14-5-3-6-16(11-14)20-7-9-25(23,24)10-8-20/h3,5-6,11,15,17H,2,4,7-10,12-13,19H2,1H3/t15-,17-/m0/s1. The molecule has 2 aliphatic rings. The van der Waals surface area contributed by atoms with E-state index in [1.54, 1.807) is 0 Å². The van der Waals surface area contributed by atoms with E-state index in [2.05, 4.69) is 6.92 Å². The molecule has 2 saturated heterocycles. The minimum atomic E-state index is -2.91. The first-order valence-electron chi connectivity index (χ1n) is 9.00. The molecule has 0 spiro atoms. The fourth-order valence-corrected chi connectivity index (χ4v) is 4.93. The monoisotopic (exact) mass is 365 g/mol. The van der Waals surface area contributed by atoms with E-state index < -0.39 is 9.84 Å². The highest BCUT2D eigenvalue weighted by molar-refractivity contribution is 7.91. The highest BCUT2D eigenvalue weighted by Crippen LogP contribution is 2.24. The van der Waals surface area contributed by atoms with Crippen LogP contribution in [0.4, 0.5) is 5.69 Å². The summed E-state index contributed by atoms with van der Waals surface area (Å²) >= 11 is 0. The summed E-state index contributed by atoms with van der Waals surface area (Å²) in [5.41, 5.74) is 7.74. The quantitative estimate of drug-likeness (QED) is 0.864. The lowest BCUT2D eigenvalue weighted by Crippen LogP contribution is -2.40. The lowest BCUT2D eigenvalue weighted by molar-refractivity contribution is 0.0785. The summed E-state index contributed by atoms with van der Waals surface area (Å²) < 4.78 is 23.2. The van der Waals surface area contributed by atoms with Gasteiger partial charge in [-0.25, -0.2) is 8.42 Å². The van der Waals surface area contributed by atoms with Crippen LogP contribution in [0.3, 0.4) is 0 Å². The number of benzene rings is 1. The van der Waals surface area contributed by atoms with Gasteiger partial charge in [-0.15, -0.1) is 0 Å². The van der Waals surface area contributed by atoms with E-state index in [0.29, 0.717) is 31.1 Å². The Labute approximate surface area is 149 Å². The number of hydrogen-bond acceptors (Lipinski definition) is 5. The van der Waals surface area contributed by atoms with Crippen molar-refractivity contribution >= 4 is 21.4 Å². The van der Waals surface area contributed by atoms with Crippen molar-refractivity contribution in [3.05, 3.63) is 29.8 Å². The number of anilines is 1. The molecule has 2 heterocycles. The molecule has 25 heavy (non-hydrogen) atoms.